The van der Waals surface area contributed by atoms with Crippen molar-refractivity contribution in [3.8, 4) is 0 Å². The van der Waals surface area contributed by atoms with Crippen molar-refractivity contribution < 1.29 is 9.18 Å². The zero-order chi connectivity index (χ0) is 11.1. The number of hydrogen-bond donors (Lipinski definition) is 0. The maximum Gasteiger partial charge on any atom is 0.167 e. The van der Waals surface area contributed by atoms with Gasteiger partial charge in [0.15, 0.2) is 12.0 Å². The van der Waals surface area contributed by atoms with Gasteiger partial charge in [-0.05, 0) is 18.4 Å². The zero-order valence-corrected chi connectivity index (χ0v) is 9.08. The maximum atomic E-state index is 13.1. The molecule has 0 aromatic heterocycles. The minimum absolute atomic E-state index is 0.263. The van der Waals surface area contributed by atoms with Gasteiger partial charge in [-0.15, -0.1) is 0 Å². The third-order valence-electron chi connectivity index (χ3n) is 2.39. The number of benzene rings is 1. The Morgan fingerprint density at radius 1 is 1.33 bits per heavy atom. The molecule has 0 heterocycles. The second-order valence-electron chi connectivity index (χ2n) is 3.71. The molecule has 0 spiro atoms. The van der Waals surface area contributed by atoms with Gasteiger partial charge in [0.1, 0.15) is 0 Å². The van der Waals surface area contributed by atoms with Gasteiger partial charge in [0, 0.05) is 6.42 Å². The second kappa shape index (κ2) is 6.33. The lowest BCUT2D eigenvalue weighted by atomic mass is 10.0. The quantitative estimate of drug-likeness (QED) is 0.700. The van der Waals surface area contributed by atoms with Crippen molar-refractivity contribution in [3.63, 3.8) is 0 Å². The topological polar surface area (TPSA) is 17.1 Å². The minimum atomic E-state index is -1.27. The summed E-state index contributed by atoms with van der Waals surface area (Å²) in [6.07, 6.45) is 0.764. The van der Waals surface area contributed by atoms with E-state index in [2.05, 4.69) is 0 Å². The van der Waals surface area contributed by atoms with E-state index in [0.717, 1.165) is 12.0 Å². The Bertz CT molecular complexity index is 295. The molecule has 0 bridgehead atoms. The highest BCUT2D eigenvalue weighted by Gasteiger charge is 2.15. The number of hydrogen-bond acceptors (Lipinski definition) is 1. The Hall–Kier alpha value is -1.18. The highest BCUT2D eigenvalue weighted by molar-refractivity contribution is 5.83. The third kappa shape index (κ3) is 4.24. The first-order valence-corrected chi connectivity index (χ1v) is 5.44. The lowest BCUT2D eigenvalue weighted by Gasteiger charge is -2.05. The summed E-state index contributed by atoms with van der Waals surface area (Å²) in [4.78, 5) is 11.3. The summed E-state index contributed by atoms with van der Waals surface area (Å²) in [5.74, 6) is -0.263. The van der Waals surface area contributed by atoms with Crippen LogP contribution in [0.2, 0.25) is 0 Å². The zero-order valence-electron chi connectivity index (χ0n) is 9.08. The molecule has 0 aliphatic rings. The third-order valence-corrected chi connectivity index (χ3v) is 2.39. The van der Waals surface area contributed by atoms with Crippen LogP contribution in [0, 0.1) is 0 Å². The van der Waals surface area contributed by atoms with Crippen molar-refractivity contribution in [3.05, 3.63) is 35.9 Å². The summed E-state index contributed by atoms with van der Waals surface area (Å²) in [6, 6.07) is 9.71. The van der Waals surface area contributed by atoms with E-state index in [1.807, 2.05) is 37.3 Å². The van der Waals surface area contributed by atoms with E-state index in [1.165, 1.54) is 0 Å². The first-order valence-electron chi connectivity index (χ1n) is 5.44. The first kappa shape index (κ1) is 11.9. The van der Waals surface area contributed by atoms with E-state index in [1.54, 1.807) is 0 Å². The van der Waals surface area contributed by atoms with Crippen LogP contribution >= 0.6 is 0 Å². The van der Waals surface area contributed by atoms with Crippen molar-refractivity contribution in [1.29, 1.82) is 0 Å². The fraction of sp³-hybridized carbons (Fsp3) is 0.462. The largest absolute Gasteiger partial charge is 0.296 e. The summed E-state index contributed by atoms with van der Waals surface area (Å²) in [7, 11) is 0. The molecule has 0 amide bonds. The molecule has 0 radical (unpaired) electrons. The van der Waals surface area contributed by atoms with E-state index >= 15 is 0 Å². The van der Waals surface area contributed by atoms with Crippen molar-refractivity contribution in [2.45, 2.75) is 38.8 Å². The van der Waals surface area contributed by atoms with Crippen molar-refractivity contribution >= 4 is 5.78 Å². The molecule has 1 atom stereocenters. The molecule has 1 nitrogen and oxygen atoms in total. The van der Waals surface area contributed by atoms with E-state index in [0.29, 0.717) is 19.3 Å². The summed E-state index contributed by atoms with van der Waals surface area (Å²) in [5, 5.41) is 0. The first-order chi connectivity index (χ1) is 7.24. The van der Waals surface area contributed by atoms with E-state index in [4.69, 9.17) is 0 Å². The standard InChI is InChI=1S/C13H17FO/c1-2-6-12(14)13(15)10-9-11-7-4-3-5-8-11/h3-5,7-8,12H,2,6,9-10H2,1H3/t12-/m0/s1. The Balaban J connectivity index is 2.34. The fourth-order valence-electron chi connectivity index (χ4n) is 1.48. The molecule has 0 saturated carbocycles. The molecular formula is C13H17FO. The van der Waals surface area contributed by atoms with Crippen LogP contribution in [-0.4, -0.2) is 12.0 Å². The molecule has 0 aliphatic carbocycles. The van der Waals surface area contributed by atoms with Gasteiger partial charge in [-0.3, -0.25) is 4.79 Å². The summed E-state index contributed by atoms with van der Waals surface area (Å²) >= 11 is 0. The van der Waals surface area contributed by atoms with Gasteiger partial charge in [0.2, 0.25) is 0 Å². The molecule has 0 saturated heterocycles. The number of alkyl halides is 1. The molecule has 2 heteroatoms. The van der Waals surface area contributed by atoms with Gasteiger partial charge >= 0.3 is 0 Å². The highest BCUT2D eigenvalue weighted by Crippen LogP contribution is 2.09. The van der Waals surface area contributed by atoms with Crippen LogP contribution in [-0.2, 0) is 11.2 Å². The lowest BCUT2D eigenvalue weighted by Crippen LogP contribution is -2.15. The summed E-state index contributed by atoms with van der Waals surface area (Å²) in [5.41, 5.74) is 1.09. The van der Waals surface area contributed by atoms with Gasteiger partial charge in [-0.25, -0.2) is 4.39 Å². The molecule has 1 aromatic rings. The molecule has 15 heavy (non-hydrogen) atoms. The van der Waals surface area contributed by atoms with E-state index in [-0.39, 0.29) is 5.78 Å². The van der Waals surface area contributed by atoms with Crippen LogP contribution in [0.1, 0.15) is 31.7 Å². The van der Waals surface area contributed by atoms with Gasteiger partial charge < -0.3 is 0 Å². The molecule has 82 valence electrons. The number of rotatable bonds is 6. The van der Waals surface area contributed by atoms with Gasteiger partial charge in [0.25, 0.3) is 0 Å². The van der Waals surface area contributed by atoms with Crippen molar-refractivity contribution in [2.24, 2.45) is 0 Å². The normalized spacial score (nSPS) is 12.4. The Morgan fingerprint density at radius 2 is 2.00 bits per heavy atom. The molecule has 1 rings (SSSR count). The highest BCUT2D eigenvalue weighted by atomic mass is 19.1. The smallest absolute Gasteiger partial charge is 0.167 e. The average molecular weight is 208 g/mol. The molecular weight excluding hydrogens is 191 g/mol. The van der Waals surface area contributed by atoms with Crippen LogP contribution in [0.5, 0.6) is 0 Å². The predicted octanol–water partition coefficient (Wildman–Crippen LogP) is 3.33. The van der Waals surface area contributed by atoms with Gasteiger partial charge in [-0.2, -0.15) is 0 Å². The van der Waals surface area contributed by atoms with E-state index < -0.39 is 6.17 Å². The fourth-order valence-corrected chi connectivity index (χ4v) is 1.48. The average Bonchev–Trinajstić information content (AvgIpc) is 2.27. The maximum absolute atomic E-state index is 13.1. The molecule has 0 N–H and O–H groups in total. The van der Waals surface area contributed by atoms with Crippen LogP contribution in [0.15, 0.2) is 30.3 Å². The van der Waals surface area contributed by atoms with E-state index in [9.17, 15) is 9.18 Å². The summed E-state index contributed by atoms with van der Waals surface area (Å²) in [6.45, 7) is 1.89. The van der Waals surface area contributed by atoms with Crippen LogP contribution in [0.25, 0.3) is 0 Å². The molecule has 1 aromatic carbocycles. The Labute approximate surface area is 90.3 Å². The van der Waals surface area contributed by atoms with Crippen LogP contribution in [0.4, 0.5) is 4.39 Å². The number of carbonyl (C=O) groups is 1. The minimum Gasteiger partial charge on any atom is -0.296 e. The number of aryl methyl sites for hydroxylation is 1. The number of ketones is 1. The van der Waals surface area contributed by atoms with Crippen molar-refractivity contribution in [2.75, 3.05) is 0 Å². The Morgan fingerprint density at radius 3 is 2.60 bits per heavy atom. The summed E-state index contributed by atoms with van der Waals surface area (Å²) < 4.78 is 13.1. The number of Topliss-reactive ketones (excluding diaryl/α,β-unsaturated/α-hetero) is 1. The number of carbonyl (C=O) groups excluding carboxylic acids is 1. The lowest BCUT2D eigenvalue weighted by molar-refractivity contribution is -0.124. The van der Waals surface area contributed by atoms with Crippen LogP contribution in [0.3, 0.4) is 0 Å². The second-order valence-corrected chi connectivity index (χ2v) is 3.71. The van der Waals surface area contributed by atoms with Gasteiger partial charge in [0.05, 0.1) is 0 Å². The molecule has 0 aliphatic heterocycles. The Kier molecular flexibility index (Phi) is 5.02. The predicted molar refractivity (Wildman–Crippen MR) is 59.6 cm³/mol. The SMILES string of the molecule is CCC[C@H](F)C(=O)CCc1ccccc1. The van der Waals surface area contributed by atoms with Gasteiger partial charge in [-0.1, -0.05) is 43.7 Å². The van der Waals surface area contributed by atoms with Crippen molar-refractivity contribution in [1.82, 2.24) is 0 Å². The molecule has 0 fully saturated rings. The van der Waals surface area contributed by atoms with Crippen LogP contribution < -0.4 is 0 Å². The monoisotopic (exact) mass is 208 g/mol. The molecule has 0 unspecified atom stereocenters. The number of halogens is 1.